The van der Waals surface area contributed by atoms with Crippen LogP contribution in [0, 0.1) is 0 Å². The number of fused-ring (bicyclic) bond motifs is 1. The summed E-state index contributed by atoms with van der Waals surface area (Å²) in [7, 11) is 0. The molecule has 7 heteroatoms. The summed E-state index contributed by atoms with van der Waals surface area (Å²) in [6, 6.07) is 20.4. The molecule has 3 N–H and O–H groups in total. The van der Waals surface area contributed by atoms with Crippen molar-refractivity contribution in [3.05, 3.63) is 94.1 Å². The molecule has 0 aliphatic heterocycles. The summed E-state index contributed by atoms with van der Waals surface area (Å²) in [6.07, 6.45) is 1.86. The van der Waals surface area contributed by atoms with Crippen LogP contribution in [0.3, 0.4) is 0 Å². The zero-order chi connectivity index (χ0) is 22.7. The summed E-state index contributed by atoms with van der Waals surface area (Å²) in [5.41, 5.74) is 3.38. The summed E-state index contributed by atoms with van der Waals surface area (Å²) >= 11 is 12.8. The van der Waals surface area contributed by atoms with E-state index in [1.165, 1.54) is 6.92 Å². The van der Waals surface area contributed by atoms with Gasteiger partial charge in [-0.2, -0.15) is 0 Å². The number of anilines is 1. The summed E-state index contributed by atoms with van der Waals surface area (Å²) in [4.78, 5) is 27.2. The van der Waals surface area contributed by atoms with Crippen LogP contribution in [-0.2, 0) is 11.3 Å². The third-order valence-electron chi connectivity index (χ3n) is 5.03. The summed E-state index contributed by atoms with van der Waals surface area (Å²) in [5, 5.41) is 8.57. The van der Waals surface area contributed by atoms with Crippen LogP contribution in [-0.4, -0.2) is 11.8 Å². The first kappa shape index (κ1) is 21.8. The average molecular weight is 465 g/mol. The molecule has 0 saturated heterocycles. The topological polar surface area (TPSA) is 72.3 Å². The largest absolute Gasteiger partial charge is 0.352 e. The Morgan fingerprint density at radius 3 is 2.53 bits per heavy atom. The van der Waals surface area contributed by atoms with E-state index in [0.29, 0.717) is 27.8 Å². The molecule has 5 nitrogen and oxygen atoms in total. The highest BCUT2D eigenvalue weighted by atomic mass is 35.5. The molecule has 4 aromatic rings. The van der Waals surface area contributed by atoms with Crippen molar-refractivity contribution in [1.82, 2.24) is 5.32 Å². The predicted molar refractivity (Wildman–Crippen MR) is 128 cm³/mol. The normalized spacial score (nSPS) is 10.7. The van der Waals surface area contributed by atoms with E-state index in [1.807, 2.05) is 42.6 Å². The van der Waals surface area contributed by atoms with E-state index >= 15 is 0 Å². The number of carbonyl (C=O) groups excluding carboxylic acids is 2. The molecule has 32 heavy (non-hydrogen) atoms. The van der Waals surface area contributed by atoms with E-state index in [1.54, 1.807) is 30.3 Å². The van der Waals surface area contributed by atoms with Gasteiger partial charge < -0.3 is 10.6 Å². The van der Waals surface area contributed by atoms with Crippen LogP contribution in [0.4, 0.5) is 5.69 Å². The Bertz CT molecular complexity index is 1330. The van der Waals surface area contributed by atoms with Crippen molar-refractivity contribution in [2.45, 2.75) is 13.5 Å². The molecule has 0 radical (unpaired) electrons. The maximum absolute atomic E-state index is 12.9. The molecule has 4 rings (SSSR count). The Labute approximate surface area is 195 Å². The molecular weight excluding hydrogens is 445 g/mol. The van der Waals surface area contributed by atoms with E-state index in [0.717, 1.165) is 27.6 Å². The molecule has 0 spiro atoms. The molecule has 0 unspecified atom stereocenters. The van der Waals surface area contributed by atoms with Gasteiger partial charge in [-0.25, -0.2) is 4.98 Å². The van der Waals surface area contributed by atoms with Crippen LogP contribution in [0.5, 0.6) is 0 Å². The van der Waals surface area contributed by atoms with Crippen molar-refractivity contribution < 1.29 is 14.6 Å². The van der Waals surface area contributed by atoms with E-state index in [4.69, 9.17) is 23.2 Å². The van der Waals surface area contributed by atoms with Gasteiger partial charge in [0, 0.05) is 25.2 Å². The summed E-state index contributed by atoms with van der Waals surface area (Å²) < 4.78 is 0. The first-order valence-electron chi connectivity index (χ1n) is 9.96. The molecule has 0 bridgehead atoms. The van der Waals surface area contributed by atoms with Crippen molar-refractivity contribution in [2.24, 2.45) is 0 Å². The Morgan fingerprint density at radius 2 is 1.75 bits per heavy atom. The smallest absolute Gasteiger partial charge is 0.257 e. The highest BCUT2D eigenvalue weighted by Crippen LogP contribution is 2.32. The lowest BCUT2D eigenvalue weighted by molar-refractivity contribution is -0.362. The number of pyridine rings is 1. The molecule has 160 valence electrons. The van der Waals surface area contributed by atoms with Crippen LogP contribution in [0.1, 0.15) is 22.8 Å². The lowest BCUT2D eigenvalue weighted by Gasteiger charge is -2.10. The van der Waals surface area contributed by atoms with Gasteiger partial charge in [-0.15, -0.1) is 0 Å². The van der Waals surface area contributed by atoms with Crippen LogP contribution >= 0.6 is 23.2 Å². The van der Waals surface area contributed by atoms with Gasteiger partial charge in [-0.05, 0) is 47.3 Å². The van der Waals surface area contributed by atoms with Crippen molar-refractivity contribution in [1.29, 1.82) is 0 Å². The number of nitrogens with one attached hydrogen (secondary N) is 3. The molecule has 1 aromatic heterocycles. The van der Waals surface area contributed by atoms with Crippen LogP contribution < -0.4 is 15.6 Å². The quantitative estimate of drug-likeness (QED) is 0.408. The number of halogens is 2. The Hall–Kier alpha value is -3.41. The third-order valence-corrected chi connectivity index (χ3v) is 5.68. The van der Waals surface area contributed by atoms with Gasteiger partial charge >= 0.3 is 0 Å². The molecule has 0 aliphatic rings. The fourth-order valence-corrected chi connectivity index (χ4v) is 3.96. The minimum atomic E-state index is -0.337. The molecule has 2 amide bonds. The second kappa shape index (κ2) is 9.39. The van der Waals surface area contributed by atoms with E-state index in [-0.39, 0.29) is 11.8 Å². The molecule has 3 aromatic carbocycles. The number of aromatic amines is 1. The lowest BCUT2D eigenvalue weighted by atomic mass is 10.0. The minimum Gasteiger partial charge on any atom is -0.352 e. The summed E-state index contributed by atoms with van der Waals surface area (Å²) in [6.45, 7) is 1.79. The average Bonchev–Trinajstić information content (AvgIpc) is 2.78. The number of rotatable bonds is 5. The second-order valence-corrected chi connectivity index (χ2v) is 8.13. The van der Waals surface area contributed by atoms with Crippen LogP contribution in [0.2, 0.25) is 10.0 Å². The van der Waals surface area contributed by atoms with Crippen molar-refractivity contribution in [3.63, 3.8) is 0 Å². The van der Waals surface area contributed by atoms with Crippen LogP contribution in [0.15, 0.2) is 72.9 Å². The number of benzene rings is 3. The lowest BCUT2D eigenvalue weighted by Crippen LogP contribution is -2.19. The minimum absolute atomic E-state index is 0.134. The first-order chi connectivity index (χ1) is 15.4. The van der Waals surface area contributed by atoms with Crippen LogP contribution in [0.25, 0.3) is 22.0 Å². The zero-order valence-corrected chi connectivity index (χ0v) is 18.7. The summed E-state index contributed by atoms with van der Waals surface area (Å²) in [5.74, 6) is -0.471. The van der Waals surface area contributed by atoms with E-state index in [9.17, 15) is 9.59 Å². The molecule has 0 fully saturated rings. The highest BCUT2D eigenvalue weighted by Gasteiger charge is 2.17. The molecular formula is C25H20Cl2N3O2+. The Morgan fingerprint density at radius 1 is 0.938 bits per heavy atom. The van der Waals surface area contributed by atoms with Crippen molar-refractivity contribution >= 4 is 51.5 Å². The fourth-order valence-electron chi connectivity index (χ4n) is 3.46. The number of aromatic nitrogens is 1. The van der Waals surface area contributed by atoms with Gasteiger partial charge in [-0.3, -0.25) is 9.59 Å². The van der Waals surface area contributed by atoms with E-state index in [2.05, 4.69) is 15.6 Å². The monoisotopic (exact) mass is 464 g/mol. The SMILES string of the molecule is CC(=O)NCc1ccc(C(=O)Nc2ccc(Cl)c(-c3[nH+]ccc4ccccc34)c2)c(Cl)c1. The zero-order valence-electron chi connectivity index (χ0n) is 17.2. The number of hydrogen-bond acceptors (Lipinski definition) is 2. The van der Waals surface area contributed by atoms with Gasteiger partial charge in [0.25, 0.3) is 5.91 Å². The fraction of sp³-hybridized carbons (Fsp3) is 0.0800. The molecule has 0 saturated carbocycles. The molecule has 1 heterocycles. The van der Waals surface area contributed by atoms with Crippen molar-refractivity contribution in [3.8, 4) is 11.3 Å². The van der Waals surface area contributed by atoms with Gasteiger partial charge in [0.05, 0.1) is 26.6 Å². The Kier molecular flexibility index (Phi) is 6.40. The Balaban J connectivity index is 1.61. The number of amides is 2. The maximum atomic E-state index is 12.9. The highest BCUT2D eigenvalue weighted by molar-refractivity contribution is 6.35. The third kappa shape index (κ3) is 4.74. The first-order valence-corrected chi connectivity index (χ1v) is 10.7. The van der Waals surface area contributed by atoms with Crippen molar-refractivity contribution in [2.75, 3.05) is 5.32 Å². The van der Waals surface area contributed by atoms with Gasteiger partial charge in [0.1, 0.15) is 0 Å². The van der Waals surface area contributed by atoms with Gasteiger partial charge in [-0.1, -0.05) is 47.5 Å². The molecule has 0 aliphatic carbocycles. The maximum Gasteiger partial charge on any atom is 0.257 e. The second-order valence-electron chi connectivity index (χ2n) is 7.31. The number of carbonyl (C=O) groups is 2. The van der Waals surface area contributed by atoms with E-state index < -0.39 is 0 Å². The van der Waals surface area contributed by atoms with Gasteiger partial charge in [0.2, 0.25) is 11.6 Å². The standard InChI is InChI=1S/C25H19Cl2N3O2/c1-15(31)29-14-16-6-8-20(23(27)12-16)25(32)30-18-7-9-22(26)21(13-18)24-19-5-3-2-4-17(19)10-11-28-24/h2-13H,14H2,1H3,(H,29,31)(H,30,32)/p+1. The number of hydrogen-bond donors (Lipinski definition) is 2. The van der Waals surface area contributed by atoms with Gasteiger partial charge in [0.15, 0.2) is 6.20 Å². The molecule has 0 atom stereocenters. The number of H-pyrrole nitrogens is 1. The predicted octanol–water partition coefficient (Wildman–Crippen LogP) is 5.52.